The zero-order chi connectivity index (χ0) is 14.8. The minimum Gasteiger partial charge on any atom is -0.383 e. The fourth-order valence-corrected chi connectivity index (χ4v) is 1.97. The number of benzene rings is 1. The number of fused-ring (bicyclic) bond motifs is 1. The minimum atomic E-state index is -4.36. The summed E-state index contributed by atoms with van der Waals surface area (Å²) >= 11 is 0. The topological polar surface area (TPSA) is 34.1 Å². The van der Waals surface area contributed by atoms with E-state index in [4.69, 9.17) is 4.74 Å². The lowest BCUT2D eigenvalue weighted by molar-refractivity contribution is -0.137. The molecule has 0 unspecified atom stereocenters. The average molecular weight is 284 g/mol. The lowest BCUT2D eigenvalue weighted by Gasteiger charge is -2.12. The van der Waals surface area contributed by atoms with E-state index in [0.29, 0.717) is 29.7 Å². The van der Waals surface area contributed by atoms with Crippen LogP contribution in [0.3, 0.4) is 0 Å². The third-order valence-corrected chi connectivity index (χ3v) is 2.89. The van der Waals surface area contributed by atoms with Crippen molar-refractivity contribution < 1.29 is 17.9 Å². The van der Waals surface area contributed by atoms with Crippen LogP contribution in [0.15, 0.2) is 24.3 Å². The Kier molecular flexibility index (Phi) is 4.13. The van der Waals surface area contributed by atoms with E-state index < -0.39 is 11.7 Å². The number of hydrogen-bond donors (Lipinski definition) is 1. The maximum atomic E-state index is 12.7. The summed E-state index contributed by atoms with van der Waals surface area (Å²) in [6, 6.07) is 5.40. The largest absolute Gasteiger partial charge is 0.416 e. The van der Waals surface area contributed by atoms with Crippen molar-refractivity contribution in [3.05, 3.63) is 35.5 Å². The van der Waals surface area contributed by atoms with Gasteiger partial charge in [-0.1, -0.05) is 6.07 Å². The van der Waals surface area contributed by atoms with Crippen LogP contribution in [0.1, 0.15) is 11.3 Å². The van der Waals surface area contributed by atoms with E-state index in [0.717, 1.165) is 17.8 Å². The molecular weight excluding hydrogens is 269 g/mol. The summed E-state index contributed by atoms with van der Waals surface area (Å²) in [4.78, 5) is 4.17. The molecule has 0 fully saturated rings. The van der Waals surface area contributed by atoms with E-state index in [1.165, 1.54) is 6.07 Å². The third-order valence-electron chi connectivity index (χ3n) is 2.89. The molecular formula is C14H15F3N2O. The summed E-state index contributed by atoms with van der Waals surface area (Å²) in [6.07, 6.45) is -4.36. The summed E-state index contributed by atoms with van der Waals surface area (Å²) in [5.74, 6) is 0. The van der Waals surface area contributed by atoms with Crippen LogP contribution in [-0.4, -0.2) is 25.2 Å². The van der Waals surface area contributed by atoms with Gasteiger partial charge < -0.3 is 10.1 Å². The van der Waals surface area contributed by atoms with Crippen molar-refractivity contribution >= 4 is 16.6 Å². The highest BCUT2D eigenvalue weighted by Crippen LogP contribution is 2.32. The van der Waals surface area contributed by atoms with Crippen LogP contribution in [0.5, 0.6) is 0 Å². The molecule has 0 radical (unpaired) electrons. The third kappa shape index (κ3) is 3.19. The number of pyridine rings is 1. The van der Waals surface area contributed by atoms with Crippen LogP contribution in [-0.2, 0) is 10.9 Å². The molecule has 0 atom stereocenters. The molecule has 0 aliphatic rings. The number of aryl methyl sites for hydroxylation is 1. The van der Waals surface area contributed by atoms with Crippen LogP contribution in [0.25, 0.3) is 10.9 Å². The number of halogens is 3. The van der Waals surface area contributed by atoms with Crippen molar-refractivity contribution in [2.45, 2.75) is 13.1 Å². The van der Waals surface area contributed by atoms with E-state index in [1.807, 2.05) is 6.07 Å². The van der Waals surface area contributed by atoms with Crippen LogP contribution in [0.2, 0.25) is 0 Å². The van der Waals surface area contributed by atoms with Crippen LogP contribution in [0.4, 0.5) is 18.9 Å². The number of hydrogen-bond acceptors (Lipinski definition) is 3. The van der Waals surface area contributed by atoms with Crippen LogP contribution < -0.4 is 5.32 Å². The fourth-order valence-electron chi connectivity index (χ4n) is 1.97. The minimum absolute atomic E-state index is 0.333. The van der Waals surface area contributed by atoms with Crippen LogP contribution in [0, 0.1) is 6.92 Å². The normalized spacial score (nSPS) is 11.8. The smallest absolute Gasteiger partial charge is 0.383 e. The molecule has 3 nitrogen and oxygen atoms in total. The number of aromatic nitrogens is 1. The summed E-state index contributed by atoms with van der Waals surface area (Å²) < 4.78 is 43.1. The molecule has 2 rings (SSSR count). The van der Waals surface area contributed by atoms with E-state index in [1.54, 1.807) is 14.0 Å². The molecule has 0 saturated heterocycles. The predicted molar refractivity (Wildman–Crippen MR) is 71.8 cm³/mol. The summed E-state index contributed by atoms with van der Waals surface area (Å²) in [6.45, 7) is 2.85. The number of alkyl halides is 3. The molecule has 1 aromatic carbocycles. The Balaban J connectivity index is 2.44. The van der Waals surface area contributed by atoms with Crippen molar-refractivity contribution in [3.63, 3.8) is 0 Å². The fraction of sp³-hybridized carbons (Fsp3) is 0.357. The number of nitrogens with one attached hydrogen (secondary N) is 1. The molecule has 0 aliphatic carbocycles. The van der Waals surface area contributed by atoms with Gasteiger partial charge in [-0.2, -0.15) is 13.2 Å². The lowest BCUT2D eigenvalue weighted by Crippen LogP contribution is -2.09. The van der Waals surface area contributed by atoms with Gasteiger partial charge in [0, 0.05) is 30.4 Å². The first-order chi connectivity index (χ1) is 9.41. The van der Waals surface area contributed by atoms with Gasteiger partial charge in [-0.05, 0) is 25.1 Å². The van der Waals surface area contributed by atoms with Gasteiger partial charge in [0.15, 0.2) is 0 Å². The zero-order valence-electron chi connectivity index (χ0n) is 11.2. The molecule has 1 N–H and O–H groups in total. The number of rotatable bonds is 4. The Morgan fingerprint density at radius 2 is 2.00 bits per heavy atom. The standard InChI is InChI=1S/C14H15F3N2O/c1-9-7-12(18-5-6-20-2)11-4-3-10(14(15,16)17)8-13(11)19-9/h3-4,7-8H,5-6H2,1-2H3,(H,18,19). The highest BCUT2D eigenvalue weighted by Gasteiger charge is 2.30. The number of anilines is 1. The van der Waals surface area contributed by atoms with Crippen molar-refractivity contribution in [1.82, 2.24) is 4.98 Å². The van der Waals surface area contributed by atoms with Gasteiger partial charge in [0.1, 0.15) is 0 Å². The first kappa shape index (κ1) is 14.6. The van der Waals surface area contributed by atoms with Crippen molar-refractivity contribution in [2.24, 2.45) is 0 Å². The Labute approximate surface area is 114 Å². The van der Waals surface area contributed by atoms with Crippen molar-refractivity contribution in [2.75, 3.05) is 25.6 Å². The Bertz CT molecular complexity index is 611. The Hall–Kier alpha value is -1.82. The molecule has 2 aromatic rings. The van der Waals surface area contributed by atoms with E-state index >= 15 is 0 Å². The molecule has 20 heavy (non-hydrogen) atoms. The second-order valence-corrected chi connectivity index (χ2v) is 4.46. The predicted octanol–water partition coefficient (Wildman–Crippen LogP) is 3.62. The van der Waals surface area contributed by atoms with Crippen molar-refractivity contribution in [1.29, 1.82) is 0 Å². The first-order valence-corrected chi connectivity index (χ1v) is 6.13. The van der Waals surface area contributed by atoms with Gasteiger partial charge in [0.25, 0.3) is 0 Å². The molecule has 0 aliphatic heterocycles. The molecule has 6 heteroatoms. The van der Waals surface area contributed by atoms with Gasteiger partial charge in [0.2, 0.25) is 0 Å². The summed E-state index contributed by atoms with van der Waals surface area (Å²) in [7, 11) is 1.59. The van der Waals surface area contributed by atoms with Gasteiger partial charge in [-0.25, -0.2) is 0 Å². The maximum Gasteiger partial charge on any atom is 0.416 e. The highest BCUT2D eigenvalue weighted by atomic mass is 19.4. The lowest BCUT2D eigenvalue weighted by atomic mass is 10.1. The molecule has 0 bridgehead atoms. The SMILES string of the molecule is COCCNc1cc(C)nc2cc(C(F)(F)F)ccc12. The monoisotopic (exact) mass is 284 g/mol. The summed E-state index contributed by atoms with van der Waals surface area (Å²) in [5.41, 5.74) is 1.07. The molecule has 0 spiro atoms. The highest BCUT2D eigenvalue weighted by molar-refractivity contribution is 5.92. The van der Waals surface area contributed by atoms with E-state index in [-0.39, 0.29) is 0 Å². The van der Waals surface area contributed by atoms with Crippen molar-refractivity contribution in [3.8, 4) is 0 Å². The second-order valence-electron chi connectivity index (χ2n) is 4.46. The van der Waals surface area contributed by atoms with Gasteiger partial charge in [0.05, 0.1) is 17.7 Å². The number of methoxy groups -OCH3 is 1. The number of nitrogens with zero attached hydrogens (tertiary/aromatic N) is 1. The van der Waals surface area contributed by atoms with E-state index in [2.05, 4.69) is 10.3 Å². The average Bonchev–Trinajstić information content (AvgIpc) is 2.37. The van der Waals surface area contributed by atoms with Crippen LogP contribution >= 0.6 is 0 Å². The molecule has 1 aromatic heterocycles. The van der Waals surface area contributed by atoms with Gasteiger partial charge in [-0.15, -0.1) is 0 Å². The molecule has 1 heterocycles. The Morgan fingerprint density at radius 3 is 2.65 bits per heavy atom. The molecule has 108 valence electrons. The Morgan fingerprint density at radius 1 is 1.25 bits per heavy atom. The van der Waals surface area contributed by atoms with Gasteiger partial charge in [-0.3, -0.25) is 4.98 Å². The first-order valence-electron chi connectivity index (χ1n) is 6.13. The molecule has 0 amide bonds. The molecule has 0 saturated carbocycles. The summed E-state index contributed by atoms with van der Waals surface area (Å²) in [5, 5.41) is 3.81. The maximum absolute atomic E-state index is 12.7. The van der Waals surface area contributed by atoms with Gasteiger partial charge >= 0.3 is 6.18 Å². The second kappa shape index (κ2) is 5.66. The number of ether oxygens (including phenoxy) is 1. The zero-order valence-corrected chi connectivity index (χ0v) is 11.2. The van der Waals surface area contributed by atoms with E-state index in [9.17, 15) is 13.2 Å². The quantitative estimate of drug-likeness (QED) is 0.871.